The van der Waals surface area contributed by atoms with E-state index in [4.69, 9.17) is 8.85 Å². The monoisotopic (exact) mass is 466 g/mol. The molecule has 0 saturated carbocycles. The van der Waals surface area contributed by atoms with E-state index in [1.807, 2.05) is 0 Å². The first-order chi connectivity index (χ1) is 17.2. The third-order valence-electron chi connectivity index (χ3n) is 5.82. The molecule has 2 aliphatic rings. The van der Waals surface area contributed by atoms with E-state index in [0.717, 1.165) is 4.90 Å². The Balaban J connectivity index is 1.58. The summed E-state index contributed by atoms with van der Waals surface area (Å²) in [5.74, 6) is 5.38. The Morgan fingerprint density at radius 3 is 2.97 bits per heavy atom. The molecule has 1 amide bonds. The minimum absolute atomic E-state index is 0.0106. The summed E-state index contributed by atoms with van der Waals surface area (Å²) in [6, 6.07) is 7.98. The third kappa shape index (κ3) is 3.08. The van der Waals surface area contributed by atoms with Gasteiger partial charge in [-0.25, -0.2) is 4.98 Å². The van der Waals surface area contributed by atoms with Gasteiger partial charge in [-0.1, -0.05) is 23.3 Å². The molecule has 0 radical (unpaired) electrons. The van der Waals surface area contributed by atoms with E-state index >= 15 is 0 Å². The summed E-state index contributed by atoms with van der Waals surface area (Å²) >= 11 is 1.30. The van der Waals surface area contributed by atoms with E-state index in [2.05, 4.69) is 27.0 Å². The van der Waals surface area contributed by atoms with Crippen molar-refractivity contribution in [1.29, 1.82) is 0 Å². The number of nitrogens with zero attached hydrogens (tertiary/aromatic N) is 5. The fraction of sp³-hybridized carbons (Fsp3) is 0.217. The molecule has 0 saturated heterocycles. The van der Waals surface area contributed by atoms with Crippen LogP contribution in [0.2, 0.25) is 0 Å². The van der Waals surface area contributed by atoms with Crippen LogP contribution in [0.3, 0.4) is 0 Å². The van der Waals surface area contributed by atoms with Gasteiger partial charge in [0.2, 0.25) is 0 Å². The standard InChI is InChI=1S/C23H15F2N5O2S/c1-29-17-10-16(20-13(22(29)31)3-2-4-18(20)32-23(24)25)30-15-9-12(5-7-14(15)27-21(17)30)6-8-19-28-26-11-33-19/h2-5,7,9,11,16-17,23H,10H2,1H3/t16-,17-/m1/s1/i1D3. The smallest absolute Gasteiger partial charge is 0.387 e. The van der Waals surface area contributed by atoms with Crippen LogP contribution in [0.4, 0.5) is 8.78 Å². The van der Waals surface area contributed by atoms with Gasteiger partial charge in [0.15, 0.2) is 5.01 Å². The van der Waals surface area contributed by atoms with E-state index in [-0.39, 0.29) is 23.3 Å². The van der Waals surface area contributed by atoms with E-state index in [1.54, 1.807) is 28.3 Å². The lowest BCUT2D eigenvalue weighted by Gasteiger charge is -2.24. The summed E-state index contributed by atoms with van der Waals surface area (Å²) in [5.41, 5.74) is 3.66. The Morgan fingerprint density at radius 2 is 2.18 bits per heavy atom. The van der Waals surface area contributed by atoms with Crippen LogP contribution in [0.25, 0.3) is 11.0 Å². The number of hydrogen-bond donors (Lipinski definition) is 0. The Hall–Kier alpha value is -3.84. The topological polar surface area (TPSA) is 73.1 Å². The van der Waals surface area contributed by atoms with Gasteiger partial charge >= 0.3 is 6.61 Å². The average molecular weight is 466 g/mol. The van der Waals surface area contributed by atoms with Gasteiger partial charge in [0.1, 0.15) is 17.1 Å². The van der Waals surface area contributed by atoms with Crippen LogP contribution < -0.4 is 4.74 Å². The molecule has 33 heavy (non-hydrogen) atoms. The molecule has 6 rings (SSSR count). The maximum absolute atomic E-state index is 13.4. The van der Waals surface area contributed by atoms with Crippen LogP contribution >= 0.6 is 11.3 Å². The molecule has 164 valence electrons. The second-order valence-electron chi connectivity index (χ2n) is 7.58. The zero-order valence-corrected chi connectivity index (χ0v) is 17.5. The second-order valence-corrected chi connectivity index (χ2v) is 8.41. The predicted molar refractivity (Wildman–Crippen MR) is 116 cm³/mol. The van der Waals surface area contributed by atoms with Crippen LogP contribution in [0.15, 0.2) is 41.9 Å². The van der Waals surface area contributed by atoms with Gasteiger partial charge < -0.3 is 14.2 Å². The van der Waals surface area contributed by atoms with Gasteiger partial charge in [-0.15, -0.1) is 10.2 Å². The van der Waals surface area contributed by atoms with Crippen molar-refractivity contribution in [2.45, 2.75) is 25.1 Å². The molecule has 0 spiro atoms. The number of carbonyl (C=O) groups excluding carboxylic acids is 1. The van der Waals surface area contributed by atoms with Crippen LogP contribution in [-0.4, -0.2) is 44.1 Å². The third-order valence-corrected chi connectivity index (χ3v) is 6.43. The number of hydrogen-bond acceptors (Lipinski definition) is 6. The number of rotatable bonds is 2. The lowest BCUT2D eigenvalue weighted by molar-refractivity contribution is -0.0507. The van der Waals surface area contributed by atoms with Gasteiger partial charge in [-0.05, 0) is 36.3 Å². The minimum Gasteiger partial charge on any atom is -0.434 e. The fourth-order valence-corrected chi connectivity index (χ4v) is 4.94. The first kappa shape index (κ1) is 16.7. The van der Waals surface area contributed by atoms with E-state index in [9.17, 15) is 13.6 Å². The molecule has 10 heteroatoms. The van der Waals surface area contributed by atoms with Gasteiger partial charge in [-0.3, -0.25) is 4.79 Å². The number of ether oxygens (including phenoxy) is 1. The summed E-state index contributed by atoms with van der Waals surface area (Å²) in [7, 11) is 0. The number of imidazole rings is 1. The summed E-state index contributed by atoms with van der Waals surface area (Å²) < 4.78 is 57.4. The Labute approximate surface area is 194 Å². The molecule has 7 nitrogen and oxygen atoms in total. The predicted octanol–water partition coefficient (Wildman–Crippen LogP) is 4.01. The molecule has 0 unspecified atom stereocenters. The number of amides is 1. The number of benzene rings is 2. The van der Waals surface area contributed by atoms with Crippen molar-refractivity contribution in [2.75, 3.05) is 6.98 Å². The molecule has 0 fully saturated rings. The highest BCUT2D eigenvalue weighted by molar-refractivity contribution is 7.09. The quantitative estimate of drug-likeness (QED) is 0.418. The van der Waals surface area contributed by atoms with Gasteiger partial charge in [0.05, 0.1) is 23.1 Å². The summed E-state index contributed by atoms with van der Waals surface area (Å²) in [5, 5.41) is 8.22. The lowest BCUT2D eigenvalue weighted by atomic mass is 9.97. The van der Waals surface area contributed by atoms with Crippen LogP contribution in [0, 0.1) is 11.8 Å². The van der Waals surface area contributed by atoms with Crippen molar-refractivity contribution in [3.05, 3.63) is 69.4 Å². The van der Waals surface area contributed by atoms with E-state index in [1.165, 1.54) is 29.5 Å². The zero-order chi connectivity index (χ0) is 25.2. The number of fused-ring (bicyclic) bond motifs is 9. The number of alkyl halides is 2. The van der Waals surface area contributed by atoms with Gasteiger partial charge in [0.25, 0.3) is 5.91 Å². The number of carbonyl (C=O) groups is 1. The van der Waals surface area contributed by atoms with Gasteiger partial charge in [0, 0.05) is 34.2 Å². The first-order valence-corrected chi connectivity index (χ1v) is 10.8. The largest absolute Gasteiger partial charge is 0.434 e. The Kier molecular flexibility index (Phi) is 3.73. The maximum Gasteiger partial charge on any atom is 0.387 e. The molecular weight excluding hydrogens is 448 g/mol. The molecule has 4 aromatic rings. The zero-order valence-electron chi connectivity index (χ0n) is 19.7. The molecule has 2 bridgehead atoms. The maximum atomic E-state index is 13.4. The average Bonchev–Trinajstić information content (AvgIpc) is 3.51. The summed E-state index contributed by atoms with van der Waals surface area (Å²) in [4.78, 5) is 18.9. The molecule has 2 aromatic heterocycles. The summed E-state index contributed by atoms with van der Waals surface area (Å²) in [6.07, 6.45) is 0.152. The second kappa shape index (κ2) is 7.35. The molecule has 2 atom stereocenters. The van der Waals surface area contributed by atoms with Gasteiger partial charge in [-0.2, -0.15) is 8.78 Å². The van der Waals surface area contributed by atoms with Crippen LogP contribution in [0.1, 0.15) is 54.9 Å². The number of aromatic nitrogens is 4. The van der Waals surface area contributed by atoms with E-state index in [0.29, 0.717) is 27.4 Å². The molecular formula is C23H15F2N5O2S. The highest BCUT2D eigenvalue weighted by Gasteiger charge is 2.44. The van der Waals surface area contributed by atoms with Crippen molar-refractivity contribution in [3.63, 3.8) is 0 Å². The Morgan fingerprint density at radius 1 is 1.27 bits per heavy atom. The summed E-state index contributed by atoms with van der Waals surface area (Å²) in [6.45, 7) is -5.90. The van der Waals surface area contributed by atoms with Crippen molar-refractivity contribution < 1.29 is 22.4 Å². The molecule has 0 N–H and O–H groups in total. The van der Waals surface area contributed by atoms with Crippen molar-refractivity contribution in [3.8, 4) is 17.6 Å². The normalized spacial score (nSPS) is 20.4. The van der Waals surface area contributed by atoms with Crippen molar-refractivity contribution in [1.82, 2.24) is 24.6 Å². The first-order valence-electron chi connectivity index (χ1n) is 11.4. The SMILES string of the molecule is [2H]C([2H])([2H])N1C(=O)c2cccc(OC(F)F)c2[C@H]2C[C@@H]1c1nc3ccc(C#Cc4nncs4)cc3n12. The molecule has 2 aromatic carbocycles. The lowest BCUT2D eigenvalue weighted by Crippen LogP contribution is -2.30. The molecule has 4 heterocycles. The van der Waals surface area contributed by atoms with Crippen molar-refractivity contribution in [2.24, 2.45) is 0 Å². The van der Waals surface area contributed by atoms with Crippen LogP contribution in [-0.2, 0) is 0 Å². The minimum atomic E-state index is -3.12. The Bertz CT molecular complexity index is 1580. The van der Waals surface area contributed by atoms with Crippen molar-refractivity contribution >= 4 is 28.3 Å². The van der Waals surface area contributed by atoms with E-state index < -0.39 is 31.6 Å². The molecule has 2 aliphatic heterocycles. The highest BCUT2D eigenvalue weighted by Crippen LogP contribution is 2.49. The molecule has 0 aliphatic carbocycles. The fourth-order valence-electron chi connectivity index (χ4n) is 4.54. The van der Waals surface area contributed by atoms with Crippen LogP contribution in [0.5, 0.6) is 5.75 Å². The number of halogens is 2. The highest BCUT2D eigenvalue weighted by atomic mass is 32.1.